The van der Waals surface area contributed by atoms with Gasteiger partial charge in [0.1, 0.15) is 12.7 Å². The molecule has 0 N–H and O–H groups in total. The molecule has 3 rings (SSSR count). The molecule has 2 aliphatic heterocycles. The molecular formula is C14H19N2O5S2+. The zero-order valence-electron chi connectivity index (χ0n) is 12.8. The van der Waals surface area contributed by atoms with Crippen LogP contribution in [0.5, 0.6) is 0 Å². The number of hydrogen-bond donors (Lipinski definition) is 0. The number of hydrogen-bond acceptors (Lipinski definition) is 7. The van der Waals surface area contributed by atoms with Crippen molar-refractivity contribution in [1.82, 2.24) is 4.90 Å². The number of quaternary nitrogens is 1. The first-order valence-corrected chi connectivity index (χ1v) is 9.61. The summed E-state index contributed by atoms with van der Waals surface area (Å²) in [6.45, 7) is 3.29. The Kier molecular flexibility index (Phi) is 4.56. The smallest absolute Gasteiger partial charge is 0.422 e. The highest BCUT2D eigenvalue weighted by Crippen LogP contribution is 2.37. The van der Waals surface area contributed by atoms with E-state index in [-0.39, 0.29) is 10.8 Å². The first-order valence-electron chi connectivity index (χ1n) is 7.29. The molecule has 0 saturated carbocycles. The van der Waals surface area contributed by atoms with E-state index in [1.165, 1.54) is 13.3 Å². The molecule has 1 unspecified atom stereocenters. The lowest BCUT2D eigenvalue weighted by Gasteiger charge is -2.33. The number of sulfonamides is 1. The predicted octanol–water partition coefficient (Wildman–Crippen LogP) is 1.34. The summed E-state index contributed by atoms with van der Waals surface area (Å²) < 4.78 is 35.6. The van der Waals surface area contributed by atoms with Gasteiger partial charge in [-0.25, -0.2) is 0 Å². The lowest BCUT2D eigenvalue weighted by molar-refractivity contribution is -0.672. The van der Waals surface area contributed by atoms with Crippen LogP contribution in [0.3, 0.4) is 0 Å². The normalized spacial score (nSPS) is 26.7. The third kappa shape index (κ3) is 2.72. The Hall–Kier alpha value is -1.26. The molecule has 0 aliphatic carbocycles. The van der Waals surface area contributed by atoms with Crippen LogP contribution in [0.4, 0.5) is 4.79 Å². The highest BCUT2D eigenvalue weighted by Gasteiger charge is 2.53. The zero-order chi connectivity index (χ0) is 16.5. The van der Waals surface area contributed by atoms with E-state index in [4.69, 9.17) is 9.47 Å². The molecule has 1 saturated heterocycles. The van der Waals surface area contributed by atoms with Crippen LogP contribution in [0, 0.1) is 0 Å². The second kappa shape index (κ2) is 6.33. The number of ether oxygens (including phenoxy) is 2. The summed E-state index contributed by atoms with van der Waals surface area (Å²) in [6, 6.07) is 1.74. The molecule has 1 fully saturated rings. The molecule has 0 bridgehead atoms. The Morgan fingerprint density at radius 2 is 2.17 bits per heavy atom. The highest BCUT2D eigenvalue weighted by molar-refractivity contribution is 7.88. The number of methoxy groups -OCH3 is 1. The molecule has 1 aromatic rings. The topological polar surface area (TPSA) is 72.9 Å². The molecular weight excluding hydrogens is 340 g/mol. The minimum Gasteiger partial charge on any atom is -0.422 e. The van der Waals surface area contributed by atoms with Crippen molar-refractivity contribution < 1.29 is 26.6 Å². The summed E-state index contributed by atoms with van der Waals surface area (Å²) in [5, 5.41) is 1.71. The minimum absolute atomic E-state index is 0.114. The molecule has 7 nitrogen and oxygen atoms in total. The number of carbonyl (C=O) groups excluding carboxylic acids is 1. The van der Waals surface area contributed by atoms with Gasteiger partial charge < -0.3 is 9.47 Å². The van der Waals surface area contributed by atoms with Crippen LogP contribution < -0.4 is 0 Å². The number of amides is 1. The molecule has 9 heteroatoms. The average molecular weight is 359 g/mol. The standard InChI is InChI=1S/C14H19N2O5S2/c1-20-14(17)16(8-4-15-5-9-21-10-6-15)7-2-12-3-11-22-13(12)23(16,18)19/h2-3,7,11H,4-6,8-10H2,1H3/q+1. The summed E-state index contributed by atoms with van der Waals surface area (Å²) >= 11 is 1.13. The Labute approximate surface area is 139 Å². The lowest BCUT2D eigenvalue weighted by Crippen LogP contribution is -2.57. The number of rotatable bonds is 3. The van der Waals surface area contributed by atoms with Crippen LogP contribution in [0.1, 0.15) is 5.56 Å². The van der Waals surface area contributed by atoms with Crippen molar-refractivity contribution in [1.29, 1.82) is 0 Å². The molecule has 0 radical (unpaired) electrons. The number of thiophene rings is 1. The van der Waals surface area contributed by atoms with Crippen LogP contribution in [-0.4, -0.2) is 69.8 Å². The summed E-state index contributed by atoms with van der Waals surface area (Å²) in [7, 11) is -2.66. The monoisotopic (exact) mass is 359 g/mol. The van der Waals surface area contributed by atoms with Crippen molar-refractivity contribution in [3.8, 4) is 0 Å². The van der Waals surface area contributed by atoms with E-state index < -0.39 is 20.0 Å². The van der Waals surface area contributed by atoms with Crippen molar-refractivity contribution >= 4 is 33.5 Å². The Balaban J connectivity index is 1.93. The van der Waals surface area contributed by atoms with Gasteiger partial charge in [-0.2, -0.15) is 13.2 Å². The second-order valence-corrected chi connectivity index (χ2v) is 8.58. The minimum atomic E-state index is -3.88. The highest BCUT2D eigenvalue weighted by atomic mass is 32.2. The van der Waals surface area contributed by atoms with Crippen LogP contribution in [0.15, 0.2) is 21.9 Å². The van der Waals surface area contributed by atoms with Crippen molar-refractivity contribution in [3.63, 3.8) is 0 Å². The SMILES string of the molecule is COC(=O)[N+]1(CCN2CCOCC2)C=Cc2ccsc2S1(=O)=O. The van der Waals surface area contributed by atoms with E-state index in [2.05, 4.69) is 4.90 Å². The van der Waals surface area contributed by atoms with Crippen molar-refractivity contribution in [2.75, 3.05) is 46.5 Å². The van der Waals surface area contributed by atoms with E-state index in [0.717, 1.165) is 24.4 Å². The molecule has 126 valence electrons. The van der Waals surface area contributed by atoms with E-state index >= 15 is 0 Å². The average Bonchev–Trinajstić information content (AvgIpc) is 3.05. The van der Waals surface area contributed by atoms with Crippen molar-refractivity contribution in [2.45, 2.75) is 4.21 Å². The first-order chi connectivity index (χ1) is 11.0. The molecule has 23 heavy (non-hydrogen) atoms. The lowest BCUT2D eigenvalue weighted by atomic mass is 10.3. The maximum absolute atomic E-state index is 13.0. The third-order valence-electron chi connectivity index (χ3n) is 4.15. The van der Waals surface area contributed by atoms with Gasteiger partial charge in [0.05, 0.1) is 26.9 Å². The molecule has 0 aromatic carbocycles. The van der Waals surface area contributed by atoms with Crippen LogP contribution >= 0.6 is 11.3 Å². The van der Waals surface area contributed by atoms with E-state index in [1.807, 2.05) is 0 Å². The fourth-order valence-electron chi connectivity index (χ4n) is 2.78. The van der Waals surface area contributed by atoms with Gasteiger partial charge in [-0.15, -0.1) is 11.3 Å². The van der Waals surface area contributed by atoms with Gasteiger partial charge in [-0.05, 0) is 11.4 Å². The maximum Gasteiger partial charge on any atom is 0.536 e. The van der Waals surface area contributed by atoms with Gasteiger partial charge in [0.25, 0.3) is 0 Å². The molecule has 1 atom stereocenters. The van der Waals surface area contributed by atoms with Crippen molar-refractivity contribution in [3.05, 3.63) is 23.2 Å². The van der Waals surface area contributed by atoms with Gasteiger partial charge in [0, 0.05) is 24.7 Å². The van der Waals surface area contributed by atoms with Gasteiger partial charge in [0.15, 0.2) is 4.21 Å². The summed E-state index contributed by atoms with van der Waals surface area (Å²) in [5.41, 5.74) is 0.624. The predicted molar refractivity (Wildman–Crippen MR) is 85.3 cm³/mol. The molecule has 1 amide bonds. The molecule has 2 aliphatic rings. The number of nitrogens with zero attached hydrogens (tertiary/aromatic N) is 2. The third-order valence-corrected chi connectivity index (χ3v) is 7.81. The summed E-state index contributed by atoms with van der Waals surface area (Å²) in [4.78, 5) is 14.5. The van der Waals surface area contributed by atoms with Gasteiger partial charge >= 0.3 is 16.1 Å². The van der Waals surface area contributed by atoms with E-state index in [1.54, 1.807) is 17.5 Å². The number of morpholine rings is 1. The fraction of sp³-hybridized carbons (Fsp3) is 0.500. The largest absolute Gasteiger partial charge is 0.536 e. The van der Waals surface area contributed by atoms with Gasteiger partial charge in [0.2, 0.25) is 0 Å². The number of fused-ring (bicyclic) bond motifs is 1. The second-order valence-electron chi connectivity index (χ2n) is 5.40. The van der Waals surface area contributed by atoms with Crippen LogP contribution in [-0.2, 0) is 19.5 Å². The van der Waals surface area contributed by atoms with E-state index in [9.17, 15) is 13.2 Å². The van der Waals surface area contributed by atoms with Crippen molar-refractivity contribution in [2.24, 2.45) is 0 Å². The molecule has 1 aromatic heterocycles. The Morgan fingerprint density at radius 1 is 1.43 bits per heavy atom. The van der Waals surface area contributed by atoms with Crippen LogP contribution in [0.25, 0.3) is 6.08 Å². The van der Waals surface area contributed by atoms with Crippen LogP contribution in [0.2, 0.25) is 0 Å². The van der Waals surface area contributed by atoms with Gasteiger partial charge in [-0.1, -0.05) is 3.89 Å². The zero-order valence-corrected chi connectivity index (χ0v) is 14.4. The summed E-state index contributed by atoms with van der Waals surface area (Å²) in [6.07, 6.45) is 2.33. The summed E-state index contributed by atoms with van der Waals surface area (Å²) in [5.74, 6) is 0. The first kappa shape index (κ1) is 16.6. The maximum atomic E-state index is 13.0. The quantitative estimate of drug-likeness (QED) is 0.759. The molecule has 0 spiro atoms. The van der Waals surface area contributed by atoms with Gasteiger partial charge in [-0.3, -0.25) is 4.90 Å². The van der Waals surface area contributed by atoms with E-state index in [0.29, 0.717) is 25.3 Å². The fourth-order valence-corrected chi connectivity index (χ4v) is 5.99. The Bertz CT molecular complexity index is 721. The Morgan fingerprint density at radius 3 is 2.87 bits per heavy atom. The molecule has 3 heterocycles. The number of carbonyl (C=O) groups is 1.